The molecule has 1 unspecified atom stereocenters. The molecule has 2 aromatic heterocycles. The van der Waals surface area contributed by atoms with Crippen LogP contribution in [0.5, 0.6) is 0 Å². The Kier molecular flexibility index (Phi) is 2.91. The summed E-state index contributed by atoms with van der Waals surface area (Å²) in [7, 11) is 0. The molecule has 1 N–H and O–H groups in total. The number of thiophene rings is 1. The van der Waals surface area contributed by atoms with Crippen LogP contribution in [0, 0.1) is 0 Å². The molecule has 2 heterocycles. The molecule has 0 spiro atoms. The summed E-state index contributed by atoms with van der Waals surface area (Å²) in [5.74, 6) is 0.517. The van der Waals surface area contributed by atoms with Gasteiger partial charge in [-0.05, 0) is 35.2 Å². The van der Waals surface area contributed by atoms with Gasteiger partial charge in [-0.2, -0.15) is 0 Å². The molecule has 2 rings (SSSR count). The van der Waals surface area contributed by atoms with Gasteiger partial charge in [-0.1, -0.05) is 6.07 Å². The summed E-state index contributed by atoms with van der Waals surface area (Å²) >= 11 is 7.23. The van der Waals surface area contributed by atoms with Gasteiger partial charge in [-0.3, -0.25) is 0 Å². The molecular formula is C10H9ClO2S. The summed E-state index contributed by atoms with van der Waals surface area (Å²) < 4.78 is 5.11. The van der Waals surface area contributed by atoms with Gasteiger partial charge < -0.3 is 9.52 Å². The Morgan fingerprint density at radius 1 is 1.43 bits per heavy atom. The molecule has 0 aliphatic carbocycles. The lowest BCUT2D eigenvalue weighted by molar-refractivity contribution is 0.151. The van der Waals surface area contributed by atoms with Crippen LogP contribution in [0.25, 0.3) is 0 Å². The second-order valence-electron chi connectivity index (χ2n) is 2.94. The Labute approximate surface area is 90.8 Å². The summed E-state index contributed by atoms with van der Waals surface area (Å²) in [6.07, 6.45) is -0.0391. The van der Waals surface area contributed by atoms with Crippen molar-refractivity contribution < 1.29 is 9.52 Å². The molecule has 0 amide bonds. The molecular weight excluding hydrogens is 220 g/mol. The van der Waals surface area contributed by atoms with Crippen LogP contribution in [0.2, 0.25) is 5.22 Å². The van der Waals surface area contributed by atoms with E-state index in [0.29, 0.717) is 17.4 Å². The molecule has 0 aromatic carbocycles. The van der Waals surface area contributed by atoms with Crippen molar-refractivity contribution in [2.24, 2.45) is 0 Å². The van der Waals surface area contributed by atoms with E-state index in [9.17, 15) is 5.11 Å². The van der Waals surface area contributed by atoms with Gasteiger partial charge in [-0.25, -0.2) is 0 Å². The Morgan fingerprint density at radius 3 is 2.86 bits per heavy atom. The fourth-order valence-electron chi connectivity index (χ4n) is 1.23. The van der Waals surface area contributed by atoms with E-state index in [-0.39, 0.29) is 0 Å². The third-order valence-electron chi connectivity index (χ3n) is 1.90. The van der Waals surface area contributed by atoms with Crippen LogP contribution < -0.4 is 0 Å². The number of rotatable bonds is 3. The van der Waals surface area contributed by atoms with E-state index in [1.54, 1.807) is 23.5 Å². The first-order valence-electron chi connectivity index (χ1n) is 4.21. The summed E-state index contributed by atoms with van der Waals surface area (Å²) in [4.78, 5) is 1.13. The minimum Gasteiger partial charge on any atom is -0.447 e. The first-order valence-corrected chi connectivity index (χ1v) is 5.47. The molecule has 1 atom stereocenters. The van der Waals surface area contributed by atoms with Crippen LogP contribution >= 0.6 is 22.9 Å². The van der Waals surface area contributed by atoms with Crippen molar-refractivity contribution in [1.29, 1.82) is 0 Å². The van der Waals surface area contributed by atoms with E-state index in [4.69, 9.17) is 16.0 Å². The van der Waals surface area contributed by atoms with Gasteiger partial charge in [0, 0.05) is 11.3 Å². The first kappa shape index (κ1) is 9.77. The van der Waals surface area contributed by atoms with Gasteiger partial charge in [0.15, 0.2) is 5.22 Å². The monoisotopic (exact) mass is 228 g/mol. The van der Waals surface area contributed by atoms with Gasteiger partial charge >= 0.3 is 0 Å². The van der Waals surface area contributed by atoms with Crippen molar-refractivity contribution in [3.63, 3.8) is 0 Å². The van der Waals surface area contributed by atoms with E-state index in [2.05, 4.69) is 0 Å². The number of furan rings is 1. The number of hydrogen-bond donors (Lipinski definition) is 1. The molecule has 2 nitrogen and oxygen atoms in total. The Morgan fingerprint density at radius 2 is 2.29 bits per heavy atom. The largest absolute Gasteiger partial charge is 0.447 e. The Hall–Kier alpha value is -0.770. The first-order chi connectivity index (χ1) is 6.75. The number of hydrogen-bond acceptors (Lipinski definition) is 3. The van der Waals surface area contributed by atoms with Crippen molar-refractivity contribution in [1.82, 2.24) is 0 Å². The fourth-order valence-corrected chi connectivity index (χ4v) is 2.12. The zero-order valence-electron chi connectivity index (χ0n) is 7.31. The van der Waals surface area contributed by atoms with Crippen molar-refractivity contribution in [2.45, 2.75) is 12.5 Å². The second kappa shape index (κ2) is 4.17. The maximum atomic E-state index is 9.76. The third kappa shape index (κ3) is 2.18. The average molecular weight is 229 g/mol. The van der Waals surface area contributed by atoms with Crippen LogP contribution in [-0.2, 0) is 6.42 Å². The van der Waals surface area contributed by atoms with Gasteiger partial charge in [-0.15, -0.1) is 11.3 Å². The lowest BCUT2D eigenvalue weighted by Gasteiger charge is -2.04. The Balaban J connectivity index is 2.06. The number of halogens is 1. The van der Waals surface area contributed by atoms with Crippen LogP contribution in [0.4, 0.5) is 0 Å². The predicted octanol–water partition coefficient (Wildman–Crippen LogP) is 3.27. The summed E-state index contributed by atoms with van der Waals surface area (Å²) in [5, 5.41) is 12.1. The van der Waals surface area contributed by atoms with E-state index in [1.165, 1.54) is 0 Å². The topological polar surface area (TPSA) is 33.4 Å². The van der Waals surface area contributed by atoms with Crippen LogP contribution in [0.1, 0.15) is 16.7 Å². The maximum absolute atomic E-state index is 9.76. The fraction of sp³-hybridized carbons (Fsp3) is 0.200. The molecule has 2 aromatic rings. The third-order valence-corrected chi connectivity index (χ3v) is 3.00. The molecule has 0 aliphatic rings. The lowest BCUT2D eigenvalue weighted by Crippen LogP contribution is -1.98. The van der Waals surface area contributed by atoms with E-state index in [0.717, 1.165) is 4.88 Å². The molecule has 74 valence electrons. The number of aliphatic hydroxyl groups excluding tert-OH is 1. The van der Waals surface area contributed by atoms with Crippen molar-refractivity contribution >= 4 is 22.9 Å². The van der Waals surface area contributed by atoms with Crippen LogP contribution in [-0.4, -0.2) is 5.11 Å². The second-order valence-corrected chi connectivity index (χ2v) is 4.35. The quantitative estimate of drug-likeness (QED) is 0.875. The molecule has 0 bridgehead atoms. The molecule has 0 fully saturated rings. The highest BCUT2D eigenvalue weighted by Gasteiger charge is 2.12. The normalized spacial score (nSPS) is 13.0. The highest BCUT2D eigenvalue weighted by Crippen LogP contribution is 2.24. The van der Waals surface area contributed by atoms with Crippen LogP contribution in [0.3, 0.4) is 0 Å². The van der Waals surface area contributed by atoms with E-state index in [1.807, 2.05) is 17.5 Å². The summed E-state index contributed by atoms with van der Waals surface area (Å²) in [5.41, 5.74) is 0. The van der Waals surface area contributed by atoms with E-state index >= 15 is 0 Å². The lowest BCUT2D eigenvalue weighted by atomic mass is 10.2. The van der Waals surface area contributed by atoms with E-state index < -0.39 is 6.10 Å². The van der Waals surface area contributed by atoms with Crippen LogP contribution in [0.15, 0.2) is 34.1 Å². The molecule has 0 aliphatic heterocycles. The van der Waals surface area contributed by atoms with Crippen molar-refractivity contribution in [2.75, 3.05) is 0 Å². The zero-order valence-corrected chi connectivity index (χ0v) is 8.89. The SMILES string of the molecule is OC(Cc1cccs1)c1ccc(Cl)o1. The summed E-state index contributed by atoms with van der Waals surface area (Å²) in [6, 6.07) is 7.27. The predicted molar refractivity (Wildman–Crippen MR) is 56.7 cm³/mol. The smallest absolute Gasteiger partial charge is 0.193 e. The molecule has 0 saturated carbocycles. The van der Waals surface area contributed by atoms with Gasteiger partial charge in [0.2, 0.25) is 0 Å². The molecule has 0 radical (unpaired) electrons. The van der Waals surface area contributed by atoms with Crippen molar-refractivity contribution in [3.05, 3.63) is 45.5 Å². The minimum absolute atomic E-state index is 0.310. The van der Waals surface area contributed by atoms with Crippen molar-refractivity contribution in [3.8, 4) is 0 Å². The Bertz CT molecular complexity index is 394. The van der Waals surface area contributed by atoms with Gasteiger partial charge in [0.05, 0.1) is 0 Å². The summed E-state index contributed by atoms with van der Waals surface area (Å²) in [6.45, 7) is 0. The molecule has 4 heteroatoms. The van der Waals surface area contributed by atoms with Gasteiger partial charge in [0.25, 0.3) is 0 Å². The molecule has 14 heavy (non-hydrogen) atoms. The maximum Gasteiger partial charge on any atom is 0.193 e. The minimum atomic E-state index is -0.610. The average Bonchev–Trinajstić information content (AvgIpc) is 2.75. The highest BCUT2D eigenvalue weighted by molar-refractivity contribution is 7.09. The standard InChI is InChI=1S/C10H9ClO2S/c11-10-4-3-9(13-10)8(12)6-7-2-1-5-14-7/h1-5,8,12H,6H2. The van der Waals surface area contributed by atoms with Gasteiger partial charge in [0.1, 0.15) is 11.9 Å². The highest BCUT2D eigenvalue weighted by atomic mass is 35.5. The number of aliphatic hydroxyl groups is 1. The molecule has 0 saturated heterocycles. The zero-order chi connectivity index (χ0) is 9.97.